The van der Waals surface area contributed by atoms with E-state index in [1.807, 2.05) is 0 Å². The van der Waals surface area contributed by atoms with Crippen LogP contribution in [-0.2, 0) is 16.2 Å². The number of aromatic nitrogens is 2. The maximum Gasteiger partial charge on any atom is 0.436 e. The van der Waals surface area contributed by atoms with E-state index < -0.39 is 33.4 Å². The maximum atomic E-state index is 13.8. The van der Waals surface area contributed by atoms with Gasteiger partial charge >= 0.3 is 6.18 Å². The molecule has 0 unspecified atom stereocenters. The standard InChI is InChI=1S/C24H27F3N4O3S/c1-3-29(4-2)23(32)21-20-16-18(12-15-31(20)28-22(21)24(25,26)27)17-10-13-30(14-11-17)35(33,34)19-8-6-5-7-9-19/h5-9,12,15-17H,3-4,10-11,13-14H2,1-2H3. The summed E-state index contributed by atoms with van der Waals surface area (Å²) in [4.78, 5) is 14.6. The molecule has 0 N–H and O–H groups in total. The van der Waals surface area contributed by atoms with Gasteiger partial charge in [0.05, 0.1) is 16.0 Å². The highest BCUT2D eigenvalue weighted by Gasteiger charge is 2.41. The number of amides is 1. The Morgan fingerprint density at radius 1 is 1.09 bits per heavy atom. The number of fused-ring (bicyclic) bond motifs is 1. The lowest BCUT2D eigenvalue weighted by Crippen LogP contribution is -2.37. The van der Waals surface area contributed by atoms with Crippen molar-refractivity contribution in [3.05, 3.63) is 65.5 Å². The number of piperidine rings is 1. The van der Waals surface area contributed by atoms with Crippen molar-refractivity contribution < 1.29 is 26.4 Å². The lowest BCUT2D eigenvalue weighted by Gasteiger charge is -2.31. The number of benzene rings is 1. The number of carbonyl (C=O) groups is 1. The van der Waals surface area contributed by atoms with Gasteiger partial charge in [0.15, 0.2) is 5.69 Å². The molecule has 0 bridgehead atoms. The normalized spacial score (nSPS) is 16.0. The van der Waals surface area contributed by atoms with Crippen molar-refractivity contribution in [1.82, 2.24) is 18.8 Å². The van der Waals surface area contributed by atoms with Gasteiger partial charge in [-0.25, -0.2) is 12.9 Å². The van der Waals surface area contributed by atoms with Gasteiger partial charge in [0.1, 0.15) is 0 Å². The van der Waals surface area contributed by atoms with Gasteiger partial charge in [-0.05, 0) is 62.4 Å². The SMILES string of the molecule is CCN(CC)C(=O)c1c(C(F)(F)F)nn2ccc(C3CCN(S(=O)(=O)c4ccccc4)CC3)cc12. The molecular weight excluding hydrogens is 481 g/mol. The number of alkyl halides is 3. The minimum atomic E-state index is -4.78. The van der Waals surface area contributed by atoms with Gasteiger partial charge in [-0.15, -0.1) is 0 Å². The number of rotatable bonds is 6. The number of hydrogen-bond acceptors (Lipinski definition) is 4. The third-order valence-corrected chi connectivity index (χ3v) is 8.41. The van der Waals surface area contributed by atoms with Crippen LogP contribution < -0.4 is 0 Å². The molecule has 1 aliphatic heterocycles. The lowest BCUT2D eigenvalue weighted by molar-refractivity contribution is -0.141. The zero-order valence-electron chi connectivity index (χ0n) is 19.5. The minimum Gasteiger partial charge on any atom is -0.339 e. The molecule has 0 atom stereocenters. The molecule has 35 heavy (non-hydrogen) atoms. The van der Waals surface area contributed by atoms with E-state index in [2.05, 4.69) is 5.10 Å². The van der Waals surface area contributed by atoms with Crippen LogP contribution >= 0.6 is 0 Å². The van der Waals surface area contributed by atoms with Gasteiger partial charge in [-0.2, -0.15) is 22.6 Å². The Labute approximate surface area is 202 Å². The second-order valence-electron chi connectivity index (χ2n) is 8.48. The second kappa shape index (κ2) is 9.62. The van der Waals surface area contributed by atoms with E-state index in [0.717, 1.165) is 10.1 Å². The molecule has 0 radical (unpaired) electrons. The summed E-state index contributed by atoms with van der Waals surface area (Å²) in [5, 5.41) is 3.68. The molecule has 4 rings (SSSR count). The summed E-state index contributed by atoms with van der Waals surface area (Å²) in [5.41, 5.74) is -0.787. The molecule has 1 aliphatic rings. The summed E-state index contributed by atoms with van der Waals surface area (Å²) < 4.78 is 69.6. The van der Waals surface area contributed by atoms with Crippen LogP contribution in [0.2, 0.25) is 0 Å². The Balaban J connectivity index is 1.64. The second-order valence-corrected chi connectivity index (χ2v) is 10.4. The van der Waals surface area contributed by atoms with E-state index in [4.69, 9.17) is 0 Å². The summed E-state index contributed by atoms with van der Waals surface area (Å²) in [6.45, 7) is 4.57. The van der Waals surface area contributed by atoms with E-state index in [1.54, 1.807) is 56.3 Å². The predicted octanol–water partition coefficient (Wildman–Crippen LogP) is 4.40. The number of sulfonamides is 1. The average molecular weight is 509 g/mol. The van der Waals surface area contributed by atoms with Gasteiger partial charge in [-0.1, -0.05) is 18.2 Å². The van der Waals surface area contributed by atoms with Crippen LogP contribution in [0.25, 0.3) is 5.52 Å². The van der Waals surface area contributed by atoms with Crippen molar-refractivity contribution in [2.24, 2.45) is 0 Å². The van der Waals surface area contributed by atoms with Crippen LogP contribution in [0.15, 0.2) is 53.6 Å². The quantitative estimate of drug-likeness (QED) is 0.495. The first-order chi connectivity index (χ1) is 16.6. The van der Waals surface area contributed by atoms with Crippen molar-refractivity contribution in [2.45, 2.75) is 43.7 Å². The van der Waals surface area contributed by atoms with Crippen molar-refractivity contribution in [1.29, 1.82) is 0 Å². The Bertz CT molecular complexity index is 1310. The molecular formula is C24H27F3N4O3S. The molecule has 2 aromatic heterocycles. The number of halogens is 3. The van der Waals surface area contributed by atoms with E-state index >= 15 is 0 Å². The van der Waals surface area contributed by atoms with Crippen LogP contribution in [0.5, 0.6) is 0 Å². The van der Waals surface area contributed by atoms with Crippen molar-refractivity contribution in [2.75, 3.05) is 26.2 Å². The summed E-state index contributed by atoms with van der Waals surface area (Å²) in [6, 6.07) is 11.5. The van der Waals surface area contributed by atoms with Gasteiger partial charge in [0.2, 0.25) is 10.0 Å². The number of carbonyl (C=O) groups excluding carboxylic acids is 1. The fraction of sp³-hybridized carbons (Fsp3) is 0.417. The molecule has 0 spiro atoms. The van der Waals surface area contributed by atoms with Crippen LogP contribution in [0.1, 0.15) is 54.2 Å². The number of pyridine rings is 1. The van der Waals surface area contributed by atoms with Crippen molar-refractivity contribution >= 4 is 21.4 Å². The van der Waals surface area contributed by atoms with Crippen LogP contribution in [-0.4, -0.2) is 59.3 Å². The minimum absolute atomic E-state index is 0.0529. The van der Waals surface area contributed by atoms with E-state index in [1.165, 1.54) is 15.4 Å². The first-order valence-electron chi connectivity index (χ1n) is 11.5. The highest BCUT2D eigenvalue weighted by atomic mass is 32.2. The molecule has 7 nitrogen and oxygen atoms in total. The van der Waals surface area contributed by atoms with E-state index in [-0.39, 0.29) is 29.4 Å². The van der Waals surface area contributed by atoms with Crippen LogP contribution in [0.3, 0.4) is 0 Å². The Morgan fingerprint density at radius 2 is 1.71 bits per heavy atom. The van der Waals surface area contributed by atoms with E-state index in [0.29, 0.717) is 25.9 Å². The number of nitrogens with zero attached hydrogens (tertiary/aromatic N) is 4. The largest absolute Gasteiger partial charge is 0.436 e. The molecule has 188 valence electrons. The summed E-state index contributed by atoms with van der Waals surface area (Å²) in [5.74, 6) is -0.763. The monoisotopic (exact) mass is 508 g/mol. The number of hydrogen-bond donors (Lipinski definition) is 0. The highest BCUT2D eigenvalue weighted by Crippen LogP contribution is 2.36. The highest BCUT2D eigenvalue weighted by molar-refractivity contribution is 7.89. The van der Waals surface area contributed by atoms with Crippen molar-refractivity contribution in [3.8, 4) is 0 Å². The van der Waals surface area contributed by atoms with E-state index in [9.17, 15) is 26.4 Å². The maximum absolute atomic E-state index is 13.8. The fourth-order valence-corrected chi connectivity index (χ4v) is 6.06. The first-order valence-corrected chi connectivity index (χ1v) is 13.0. The zero-order chi connectivity index (χ0) is 25.4. The molecule has 11 heteroatoms. The first kappa shape index (κ1) is 25.2. The van der Waals surface area contributed by atoms with Gasteiger partial charge in [0, 0.05) is 32.4 Å². The topological polar surface area (TPSA) is 75.0 Å². The fourth-order valence-electron chi connectivity index (χ4n) is 4.57. The Hall–Kier alpha value is -2.92. The molecule has 1 amide bonds. The van der Waals surface area contributed by atoms with Crippen LogP contribution in [0.4, 0.5) is 13.2 Å². The molecule has 3 aromatic rings. The molecule has 3 heterocycles. The van der Waals surface area contributed by atoms with Gasteiger partial charge in [0.25, 0.3) is 5.91 Å². The summed E-state index contributed by atoms with van der Waals surface area (Å²) in [6.07, 6.45) is -2.31. The smallest absolute Gasteiger partial charge is 0.339 e. The Morgan fingerprint density at radius 3 is 2.29 bits per heavy atom. The summed E-state index contributed by atoms with van der Waals surface area (Å²) >= 11 is 0. The predicted molar refractivity (Wildman–Crippen MR) is 125 cm³/mol. The molecule has 0 aliphatic carbocycles. The Kier molecular flexibility index (Phi) is 6.92. The van der Waals surface area contributed by atoms with Gasteiger partial charge < -0.3 is 4.90 Å². The third-order valence-electron chi connectivity index (χ3n) is 6.50. The molecule has 0 saturated carbocycles. The van der Waals surface area contributed by atoms with Crippen molar-refractivity contribution in [3.63, 3.8) is 0 Å². The third kappa shape index (κ3) is 4.79. The van der Waals surface area contributed by atoms with Crippen LogP contribution in [0, 0.1) is 0 Å². The molecule has 1 aromatic carbocycles. The molecule has 1 saturated heterocycles. The lowest BCUT2D eigenvalue weighted by atomic mass is 9.90. The summed E-state index contributed by atoms with van der Waals surface area (Å²) in [7, 11) is -3.60. The zero-order valence-corrected chi connectivity index (χ0v) is 20.3. The van der Waals surface area contributed by atoms with Gasteiger partial charge in [-0.3, -0.25) is 4.79 Å². The average Bonchev–Trinajstić information content (AvgIpc) is 3.25. The molecule has 1 fully saturated rings.